The molecule has 0 bridgehead atoms. The van der Waals surface area contributed by atoms with Crippen LogP contribution >= 0.6 is 31.3 Å². The maximum atomic E-state index is 10.8. The molecule has 12 N–H and O–H groups in total. The maximum absolute atomic E-state index is 10.8. The number of phosphoric acid groups is 4. The van der Waals surface area contributed by atoms with Gasteiger partial charge in [-0.25, -0.2) is 18.3 Å². The van der Waals surface area contributed by atoms with Gasteiger partial charge in [0.2, 0.25) is 0 Å². The Morgan fingerprint density at radius 1 is 0.450 bits per heavy atom. The fourth-order valence-electron chi connectivity index (χ4n) is 0.581. The van der Waals surface area contributed by atoms with Gasteiger partial charge in [0, 0.05) is 0 Å². The van der Waals surface area contributed by atoms with E-state index in [1.165, 1.54) is 0 Å². The van der Waals surface area contributed by atoms with Crippen molar-refractivity contribution in [1.29, 1.82) is 0 Å². The highest BCUT2D eigenvalue weighted by molar-refractivity contribution is 7.74. The van der Waals surface area contributed by atoms with Gasteiger partial charge < -0.3 is 41.5 Å². The minimum atomic E-state index is -5.47. The first-order valence-corrected chi connectivity index (χ1v) is 8.97. The lowest BCUT2D eigenvalue weighted by atomic mass is 15.6. The molecule has 1 saturated heterocycles. The Labute approximate surface area is 109 Å². The molecule has 0 spiro atoms. The van der Waals surface area contributed by atoms with Crippen LogP contribution in [0.4, 0.5) is 0 Å². The molecule has 1 heterocycles. The van der Waals surface area contributed by atoms with E-state index in [1.54, 1.807) is 0 Å². The normalized spacial score (nSPS) is 44.2. The lowest BCUT2D eigenvalue weighted by Gasteiger charge is -2.23. The monoisotopic (exact) mass is 392 g/mol. The quantitative estimate of drug-likeness (QED) is 0.303. The minimum absolute atomic E-state index is 0. The van der Waals surface area contributed by atoms with Crippen LogP contribution in [0.1, 0.15) is 0 Å². The zero-order chi connectivity index (χ0) is 12.8. The standard InChI is InChI=1S/H4O12P4.4H2O/c1-13(2)9-14(3,4)11-16(7,8)12-15(5,6)10-13;;;;/h(H,1,2)(H,3,4)(H,5,6)(H,7,8);4*1H2. The van der Waals surface area contributed by atoms with E-state index in [1.807, 2.05) is 0 Å². The fraction of sp³-hybridized carbons (Fsp3) is 0. The van der Waals surface area contributed by atoms with Gasteiger partial charge in [0.05, 0.1) is 0 Å². The topological polar surface area (TPSA) is 312 Å². The zero-order valence-electron chi connectivity index (χ0n) is 8.84. The average molecular weight is 392 g/mol. The van der Waals surface area contributed by atoms with Crippen molar-refractivity contribution in [2.75, 3.05) is 0 Å². The summed E-state index contributed by atoms with van der Waals surface area (Å²) in [6.45, 7) is 0. The molecular formula is H12O16P4. The second kappa shape index (κ2) is 8.17. The first kappa shape index (κ1) is 28.6. The van der Waals surface area contributed by atoms with Gasteiger partial charge in [0.15, 0.2) is 0 Å². The highest BCUT2D eigenvalue weighted by Crippen LogP contribution is 2.78. The molecule has 20 heteroatoms. The lowest BCUT2D eigenvalue weighted by molar-refractivity contribution is 0.165. The van der Waals surface area contributed by atoms with Crippen LogP contribution in [0.25, 0.3) is 0 Å². The number of hydrogen-bond donors (Lipinski definition) is 4. The van der Waals surface area contributed by atoms with Gasteiger partial charge in [-0.15, -0.1) is 0 Å². The number of rotatable bonds is 0. The average Bonchev–Trinajstić information content (AvgIpc) is 1.67. The van der Waals surface area contributed by atoms with Crippen LogP contribution in [0.15, 0.2) is 0 Å². The Hall–Kier alpha value is 0.440. The van der Waals surface area contributed by atoms with Crippen LogP contribution in [-0.4, -0.2) is 41.5 Å². The molecule has 1 rings (SSSR count). The molecule has 0 amide bonds. The predicted molar refractivity (Wildman–Crippen MR) is 58.1 cm³/mol. The number of hydrogen-bond acceptors (Lipinski definition) is 8. The molecule has 20 heavy (non-hydrogen) atoms. The summed E-state index contributed by atoms with van der Waals surface area (Å²) in [6, 6.07) is 0. The van der Waals surface area contributed by atoms with Crippen LogP contribution < -0.4 is 0 Å². The molecule has 0 radical (unpaired) electrons. The van der Waals surface area contributed by atoms with E-state index in [0.717, 1.165) is 0 Å². The van der Waals surface area contributed by atoms with Crippen LogP contribution in [0.5, 0.6) is 0 Å². The summed E-state index contributed by atoms with van der Waals surface area (Å²) in [4.78, 5) is 34.5. The Bertz CT molecular complexity index is 359. The smallest absolute Gasteiger partial charge is 0.412 e. The third kappa shape index (κ3) is 9.39. The van der Waals surface area contributed by atoms with Crippen molar-refractivity contribution in [3.05, 3.63) is 0 Å². The Kier molecular flexibility index (Phi) is 11.7. The first-order valence-electron chi connectivity index (χ1n) is 2.99. The molecule has 128 valence electrons. The van der Waals surface area contributed by atoms with Crippen molar-refractivity contribution in [1.82, 2.24) is 0 Å². The van der Waals surface area contributed by atoms with Crippen molar-refractivity contribution in [3.63, 3.8) is 0 Å². The van der Waals surface area contributed by atoms with Gasteiger partial charge in [-0.2, -0.15) is 17.2 Å². The van der Waals surface area contributed by atoms with Gasteiger partial charge in [-0.1, -0.05) is 0 Å². The van der Waals surface area contributed by atoms with E-state index < -0.39 is 31.3 Å². The Balaban J connectivity index is -0.000000320. The second-order valence-corrected chi connectivity index (χ2v) is 8.56. The molecule has 1 aliphatic rings. The highest BCUT2D eigenvalue weighted by Gasteiger charge is 2.52. The zero-order valence-corrected chi connectivity index (χ0v) is 12.4. The molecule has 0 saturated carbocycles. The molecule has 1 aliphatic heterocycles. The summed E-state index contributed by atoms with van der Waals surface area (Å²) in [5, 5.41) is 0. The summed E-state index contributed by atoms with van der Waals surface area (Å²) in [6.07, 6.45) is 0. The highest BCUT2D eigenvalue weighted by atomic mass is 31.3. The predicted octanol–water partition coefficient (Wildman–Crippen LogP) is -2.83. The summed E-state index contributed by atoms with van der Waals surface area (Å²) in [7, 11) is -21.9. The van der Waals surface area contributed by atoms with E-state index in [2.05, 4.69) is 17.2 Å². The van der Waals surface area contributed by atoms with E-state index >= 15 is 0 Å². The summed E-state index contributed by atoms with van der Waals surface area (Å²) in [5.74, 6) is 0. The van der Waals surface area contributed by atoms with E-state index in [4.69, 9.17) is 19.6 Å². The van der Waals surface area contributed by atoms with Crippen molar-refractivity contribution < 1.29 is 77.0 Å². The molecule has 0 aromatic rings. The molecule has 16 nitrogen and oxygen atoms in total. The summed E-state index contributed by atoms with van der Waals surface area (Å²) >= 11 is 0. The maximum Gasteiger partial charge on any atom is 0.490 e. The second-order valence-electron chi connectivity index (χ2n) is 2.20. The van der Waals surface area contributed by atoms with Gasteiger partial charge in [0.25, 0.3) is 0 Å². The van der Waals surface area contributed by atoms with Crippen molar-refractivity contribution >= 4 is 31.3 Å². The first-order chi connectivity index (χ1) is 6.83. The third-order valence-corrected chi connectivity index (χ3v) is 7.43. The van der Waals surface area contributed by atoms with E-state index in [9.17, 15) is 18.3 Å². The molecule has 0 aliphatic carbocycles. The fourth-order valence-corrected chi connectivity index (χ4v) is 6.30. The molecule has 0 aromatic heterocycles. The SMILES string of the molecule is O.O.O.O.O=P1(O)OP(=O)(O)OP(=O)(O)OP(=O)(O)O1. The van der Waals surface area contributed by atoms with Crippen molar-refractivity contribution in [2.45, 2.75) is 0 Å². The lowest BCUT2D eigenvalue weighted by Crippen LogP contribution is -2.02. The van der Waals surface area contributed by atoms with Crippen LogP contribution in [0.2, 0.25) is 0 Å². The van der Waals surface area contributed by atoms with Gasteiger partial charge >= 0.3 is 31.3 Å². The summed E-state index contributed by atoms with van der Waals surface area (Å²) in [5.41, 5.74) is 0. The molecule has 0 aromatic carbocycles. The van der Waals surface area contributed by atoms with Crippen LogP contribution in [-0.2, 0) is 35.5 Å². The molecular weight excluding hydrogens is 380 g/mol. The minimum Gasteiger partial charge on any atom is -0.412 e. The van der Waals surface area contributed by atoms with Gasteiger partial charge in [-0.3, -0.25) is 0 Å². The van der Waals surface area contributed by atoms with Crippen LogP contribution in [0, 0.1) is 0 Å². The molecule has 1 fully saturated rings. The summed E-state index contributed by atoms with van der Waals surface area (Å²) < 4.78 is 56.5. The van der Waals surface area contributed by atoms with E-state index in [-0.39, 0.29) is 21.9 Å². The van der Waals surface area contributed by atoms with E-state index in [0.29, 0.717) is 0 Å². The molecule has 0 atom stereocenters. The van der Waals surface area contributed by atoms with Gasteiger partial charge in [-0.05, 0) is 0 Å². The largest absolute Gasteiger partial charge is 0.490 e. The Morgan fingerprint density at radius 3 is 0.650 bits per heavy atom. The van der Waals surface area contributed by atoms with Crippen LogP contribution in [0.3, 0.4) is 0 Å². The van der Waals surface area contributed by atoms with Crippen molar-refractivity contribution in [2.24, 2.45) is 0 Å². The Morgan fingerprint density at radius 2 is 0.550 bits per heavy atom. The third-order valence-electron chi connectivity index (χ3n) is 0.825. The molecule has 0 unspecified atom stereocenters. The van der Waals surface area contributed by atoms with Gasteiger partial charge in [0.1, 0.15) is 0 Å². The van der Waals surface area contributed by atoms with Crippen molar-refractivity contribution in [3.8, 4) is 0 Å².